The number of aryl methyl sites for hydroxylation is 1. The Morgan fingerprint density at radius 3 is 2.45 bits per heavy atom. The average Bonchev–Trinajstić information content (AvgIpc) is 2.79. The molecule has 0 saturated carbocycles. The zero-order valence-corrected chi connectivity index (χ0v) is 18.3. The third-order valence-corrected chi connectivity index (χ3v) is 4.74. The third-order valence-electron chi connectivity index (χ3n) is 4.74. The highest BCUT2D eigenvalue weighted by molar-refractivity contribution is 6.00. The van der Waals surface area contributed by atoms with E-state index in [1.165, 1.54) is 27.3 Å². The van der Waals surface area contributed by atoms with Crippen molar-refractivity contribution in [3.05, 3.63) is 59.3 Å². The highest BCUT2D eigenvalue weighted by Crippen LogP contribution is 2.37. The van der Waals surface area contributed by atoms with Gasteiger partial charge in [0.25, 0.3) is 5.91 Å². The minimum Gasteiger partial charge on any atom is -0.497 e. The molecule has 2 aromatic carbocycles. The Balaban J connectivity index is 2.06. The van der Waals surface area contributed by atoms with E-state index in [2.05, 4.69) is 25.9 Å². The van der Waals surface area contributed by atoms with Crippen LogP contribution in [0.4, 0.5) is 36.3 Å². The lowest BCUT2D eigenvalue weighted by atomic mass is 10.1. The number of alkyl halides is 3. The number of nitrogens with zero attached hydrogens (tertiary/aromatic N) is 2. The Hall–Kier alpha value is -4.02. The predicted molar refractivity (Wildman–Crippen MR) is 118 cm³/mol. The average molecular weight is 461 g/mol. The molecule has 1 aromatic heterocycles. The van der Waals surface area contributed by atoms with Crippen molar-refractivity contribution in [2.24, 2.45) is 0 Å². The molecule has 3 aromatic rings. The van der Waals surface area contributed by atoms with E-state index in [1.54, 1.807) is 37.3 Å². The van der Waals surface area contributed by atoms with Gasteiger partial charge >= 0.3 is 6.18 Å². The minimum absolute atomic E-state index is 0.107. The van der Waals surface area contributed by atoms with Gasteiger partial charge < -0.3 is 25.4 Å². The van der Waals surface area contributed by atoms with Crippen molar-refractivity contribution in [3.63, 3.8) is 0 Å². The molecule has 0 radical (unpaired) electrons. The molecule has 0 aliphatic carbocycles. The lowest BCUT2D eigenvalue weighted by Gasteiger charge is -2.18. The Kier molecular flexibility index (Phi) is 6.90. The number of carbonyl (C=O) groups excluding carboxylic acids is 1. The number of anilines is 4. The molecule has 0 spiro atoms. The summed E-state index contributed by atoms with van der Waals surface area (Å²) in [4.78, 5) is 20.1. The van der Waals surface area contributed by atoms with E-state index in [1.807, 2.05) is 0 Å². The van der Waals surface area contributed by atoms with Gasteiger partial charge in [-0.25, -0.2) is 4.98 Å². The summed E-state index contributed by atoms with van der Waals surface area (Å²) in [5.74, 6) is -0.149. The summed E-state index contributed by atoms with van der Waals surface area (Å²) in [6.07, 6.45) is -4.06. The molecule has 0 aliphatic rings. The van der Waals surface area contributed by atoms with E-state index < -0.39 is 23.5 Å². The number of amides is 1. The van der Waals surface area contributed by atoms with Crippen LogP contribution in [0.2, 0.25) is 0 Å². The Bertz CT molecular complexity index is 1170. The number of aromatic nitrogens is 2. The summed E-state index contributed by atoms with van der Waals surface area (Å²) >= 11 is 0. The minimum atomic E-state index is -4.73. The smallest absolute Gasteiger partial charge is 0.421 e. The second kappa shape index (κ2) is 9.63. The molecule has 0 bridgehead atoms. The van der Waals surface area contributed by atoms with Gasteiger partial charge in [0.05, 0.1) is 31.2 Å². The van der Waals surface area contributed by atoms with Gasteiger partial charge in [0, 0.05) is 19.3 Å². The molecule has 174 valence electrons. The van der Waals surface area contributed by atoms with Crippen LogP contribution in [-0.2, 0) is 6.18 Å². The molecular formula is C22H22F3N5O3. The van der Waals surface area contributed by atoms with Gasteiger partial charge in [-0.05, 0) is 30.7 Å². The highest BCUT2D eigenvalue weighted by Gasteiger charge is 2.36. The predicted octanol–water partition coefficient (Wildman–Crippen LogP) is 4.67. The van der Waals surface area contributed by atoms with Gasteiger partial charge in [-0.3, -0.25) is 4.79 Å². The van der Waals surface area contributed by atoms with Crippen LogP contribution in [0.5, 0.6) is 11.5 Å². The SMILES string of the molecule is CNC(=O)c1cccc(C)c1Nc1nc(Nc2ccc(OC)cc2OC)ncc1C(F)(F)F. The van der Waals surface area contributed by atoms with Crippen molar-refractivity contribution in [2.45, 2.75) is 13.1 Å². The lowest BCUT2D eigenvalue weighted by molar-refractivity contribution is -0.137. The number of para-hydroxylation sites is 1. The summed E-state index contributed by atoms with van der Waals surface area (Å²) < 4.78 is 51.5. The number of ether oxygens (including phenoxy) is 2. The van der Waals surface area contributed by atoms with Crippen LogP contribution in [0.25, 0.3) is 0 Å². The maximum atomic E-state index is 13.7. The van der Waals surface area contributed by atoms with Gasteiger partial charge in [0.15, 0.2) is 0 Å². The molecule has 0 saturated heterocycles. The molecule has 1 amide bonds. The molecule has 0 unspecified atom stereocenters. The van der Waals surface area contributed by atoms with Crippen LogP contribution >= 0.6 is 0 Å². The summed E-state index contributed by atoms with van der Waals surface area (Å²) in [5, 5.41) is 8.01. The molecule has 0 fully saturated rings. The maximum Gasteiger partial charge on any atom is 0.421 e. The Labute approximate surface area is 188 Å². The van der Waals surface area contributed by atoms with Crippen LogP contribution < -0.4 is 25.4 Å². The first-order chi connectivity index (χ1) is 15.7. The molecule has 1 heterocycles. The largest absolute Gasteiger partial charge is 0.497 e. The van der Waals surface area contributed by atoms with E-state index in [-0.39, 0.29) is 17.2 Å². The standard InChI is InChI=1S/C22H22F3N5O3/c1-12-6-5-7-14(20(31)26-2)18(12)29-19-15(22(23,24)25)11-27-21(30-19)28-16-9-8-13(32-3)10-17(16)33-4/h5-11H,1-4H3,(H,26,31)(H2,27,28,29,30). The first-order valence-corrected chi connectivity index (χ1v) is 9.70. The molecule has 0 atom stereocenters. The topological polar surface area (TPSA) is 97.4 Å². The van der Waals surface area contributed by atoms with Crippen molar-refractivity contribution in [1.82, 2.24) is 15.3 Å². The van der Waals surface area contributed by atoms with Crippen molar-refractivity contribution in [3.8, 4) is 11.5 Å². The van der Waals surface area contributed by atoms with E-state index in [9.17, 15) is 18.0 Å². The monoisotopic (exact) mass is 461 g/mol. The number of nitrogens with one attached hydrogen (secondary N) is 3. The molecule has 3 rings (SSSR count). The number of benzene rings is 2. The summed E-state index contributed by atoms with van der Waals surface area (Å²) in [6.45, 7) is 1.67. The van der Waals surface area contributed by atoms with Crippen LogP contribution in [-0.4, -0.2) is 37.1 Å². The van der Waals surface area contributed by atoms with Gasteiger partial charge in [-0.15, -0.1) is 0 Å². The first kappa shape index (κ1) is 23.6. The van der Waals surface area contributed by atoms with E-state index in [4.69, 9.17) is 9.47 Å². The van der Waals surface area contributed by atoms with Crippen LogP contribution in [0.15, 0.2) is 42.6 Å². The number of methoxy groups -OCH3 is 2. The molecule has 3 N–H and O–H groups in total. The number of hydrogen-bond donors (Lipinski definition) is 3. The number of carbonyl (C=O) groups is 1. The van der Waals surface area contributed by atoms with Crippen LogP contribution in [0.1, 0.15) is 21.5 Å². The van der Waals surface area contributed by atoms with Gasteiger partial charge in [0.1, 0.15) is 22.9 Å². The summed E-state index contributed by atoms with van der Waals surface area (Å²) in [7, 11) is 4.38. The van der Waals surface area contributed by atoms with Gasteiger partial charge in [-0.2, -0.15) is 18.2 Å². The second-order valence-corrected chi connectivity index (χ2v) is 6.85. The third kappa shape index (κ3) is 5.25. The zero-order valence-electron chi connectivity index (χ0n) is 18.3. The molecule has 33 heavy (non-hydrogen) atoms. The maximum absolute atomic E-state index is 13.7. The fourth-order valence-corrected chi connectivity index (χ4v) is 3.04. The fourth-order valence-electron chi connectivity index (χ4n) is 3.04. The second-order valence-electron chi connectivity index (χ2n) is 6.85. The first-order valence-electron chi connectivity index (χ1n) is 9.70. The van der Waals surface area contributed by atoms with Crippen LogP contribution in [0, 0.1) is 6.92 Å². The lowest BCUT2D eigenvalue weighted by Crippen LogP contribution is -2.20. The molecular weight excluding hydrogens is 439 g/mol. The van der Waals surface area contributed by atoms with Gasteiger partial charge in [0.2, 0.25) is 5.95 Å². The fraction of sp³-hybridized carbons (Fsp3) is 0.227. The quantitative estimate of drug-likeness (QED) is 0.471. The van der Waals surface area contributed by atoms with Crippen molar-refractivity contribution in [2.75, 3.05) is 31.9 Å². The number of rotatable bonds is 7. The van der Waals surface area contributed by atoms with E-state index in [0.717, 1.165) is 0 Å². The molecule has 0 aliphatic heterocycles. The molecule has 8 nitrogen and oxygen atoms in total. The van der Waals surface area contributed by atoms with E-state index in [0.29, 0.717) is 28.9 Å². The van der Waals surface area contributed by atoms with Crippen molar-refractivity contribution >= 4 is 29.0 Å². The Morgan fingerprint density at radius 1 is 1.06 bits per heavy atom. The van der Waals surface area contributed by atoms with Gasteiger partial charge in [-0.1, -0.05) is 12.1 Å². The summed E-state index contributed by atoms with van der Waals surface area (Å²) in [5.41, 5.74) is 0.283. The van der Waals surface area contributed by atoms with E-state index >= 15 is 0 Å². The van der Waals surface area contributed by atoms with Crippen molar-refractivity contribution < 1.29 is 27.4 Å². The highest BCUT2D eigenvalue weighted by atomic mass is 19.4. The normalized spacial score (nSPS) is 11.0. The number of hydrogen-bond acceptors (Lipinski definition) is 7. The van der Waals surface area contributed by atoms with Crippen LogP contribution in [0.3, 0.4) is 0 Å². The zero-order chi connectivity index (χ0) is 24.2. The van der Waals surface area contributed by atoms with Crippen molar-refractivity contribution in [1.29, 1.82) is 0 Å². The Morgan fingerprint density at radius 2 is 1.82 bits per heavy atom. The number of halogens is 3. The molecule has 11 heteroatoms. The summed E-state index contributed by atoms with van der Waals surface area (Å²) in [6, 6.07) is 9.69.